The van der Waals surface area contributed by atoms with E-state index >= 15 is 0 Å². The van der Waals surface area contributed by atoms with E-state index in [2.05, 4.69) is 16.0 Å². The topological polar surface area (TPSA) is 96.2 Å². The van der Waals surface area contributed by atoms with Gasteiger partial charge in [-0.25, -0.2) is 4.79 Å². The molecule has 0 saturated heterocycles. The number of thiophene rings is 1. The van der Waals surface area contributed by atoms with Gasteiger partial charge in [-0.1, -0.05) is 13.0 Å². The van der Waals surface area contributed by atoms with Crippen molar-refractivity contribution in [3.8, 4) is 0 Å². The van der Waals surface area contributed by atoms with Crippen LogP contribution < -0.4 is 21.7 Å². The van der Waals surface area contributed by atoms with Crippen molar-refractivity contribution >= 4 is 35.7 Å². The Morgan fingerprint density at radius 3 is 2.67 bits per heavy atom. The van der Waals surface area contributed by atoms with Crippen molar-refractivity contribution in [2.24, 2.45) is 5.73 Å². The second-order valence-corrected chi connectivity index (χ2v) is 5.52. The molecular formula is C13H23ClN4O2S. The summed E-state index contributed by atoms with van der Waals surface area (Å²) in [6.07, 6.45) is 0.183. The van der Waals surface area contributed by atoms with Crippen LogP contribution in [0, 0.1) is 0 Å². The van der Waals surface area contributed by atoms with Gasteiger partial charge in [0.1, 0.15) is 0 Å². The Hall–Kier alpha value is -1.31. The average molecular weight is 335 g/mol. The molecule has 1 rings (SSSR count). The third-order valence-electron chi connectivity index (χ3n) is 2.75. The van der Waals surface area contributed by atoms with E-state index in [0.29, 0.717) is 6.54 Å². The maximum atomic E-state index is 11.9. The molecule has 21 heavy (non-hydrogen) atoms. The molecule has 1 unspecified atom stereocenters. The molecule has 0 aliphatic heterocycles. The lowest BCUT2D eigenvalue weighted by molar-refractivity contribution is -0.121. The van der Waals surface area contributed by atoms with Crippen LogP contribution in [-0.2, 0) is 4.79 Å². The number of urea groups is 1. The monoisotopic (exact) mass is 334 g/mol. The van der Waals surface area contributed by atoms with E-state index in [0.717, 1.165) is 11.4 Å². The zero-order valence-corrected chi connectivity index (χ0v) is 13.9. The number of hydrogen-bond acceptors (Lipinski definition) is 4. The predicted octanol–water partition coefficient (Wildman–Crippen LogP) is 1.38. The molecule has 0 aromatic carbocycles. The van der Waals surface area contributed by atoms with Crippen LogP contribution in [0.4, 0.5) is 4.79 Å². The molecule has 0 bridgehead atoms. The lowest BCUT2D eigenvalue weighted by Crippen LogP contribution is -2.41. The molecule has 0 aliphatic rings. The first kappa shape index (κ1) is 19.7. The summed E-state index contributed by atoms with van der Waals surface area (Å²) in [6, 6.07) is 2.97. The van der Waals surface area contributed by atoms with E-state index in [1.165, 1.54) is 11.3 Å². The maximum Gasteiger partial charge on any atom is 0.312 e. The molecule has 120 valence electrons. The molecule has 2 atom stereocenters. The van der Waals surface area contributed by atoms with Crippen LogP contribution in [0.3, 0.4) is 0 Å². The maximum absolute atomic E-state index is 11.9. The zero-order valence-electron chi connectivity index (χ0n) is 12.2. The highest BCUT2D eigenvalue weighted by Crippen LogP contribution is 2.21. The predicted molar refractivity (Wildman–Crippen MR) is 87.8 cm³/mol. The molecule has 1 heterocycles. The number of primary amides is 1. The standard InChI is InChI=1S/C13H22N4O2S.ClH/c1-3-15-9(2)8-16-12(18)7-10(17-13(14)19)11-5-4-6-20-11;/h4-6,9-10,15H,3,7-8H2,1-2H3,(H,16,18)(H3,14,17,19);1H/t9-,10?;/m1./s1. The van der Waals surface area contributed by atoms with Crippen LogP contribution in [0.1, 0.15) is 31.2 Å². The van der Waals surface area contributed by atoms with E-state index in [9.17, 15) is 9.59 Å². The summed E-state index contributed by atoms with van der Waals surface area (Å²) in [6.45, 7) is 5.43. The largest absolute Gasteiger partial charge is 0.354 e. The van der Waals surface area contributed by atoms with Crippen LogP contribution in [0.15, 0.2) is 17.5 Å². The number of amides is 3. The SMILES string of the molecule is CCN[C@H](C)CNC(=O)CC(NC(N)=O)c1cccs1.Cl. The Morgan fingerprint density at radius 1 is 1.43 bits per heavy atom. The Morgan fingerprint density at radius 2 is 2.14 bits per heavy atom. The molecule has 0 fully saturated rings. The summed E-state index contributed by atoms with van der Waals surface area (Å²) in [5, 5.41) is 10.6. The molecule has 3 amide bonds. The summed E-state index contributed by atoms with van der Waals surface area (Å²) in [4.78, 5) is 23.8. The lowest BCUT2D eigenvalue weighted by atomic mass is 10.1. The molecule has 6 nitrogen and oxygen atoms in total. The molecule has 0 radical (unpaired) electrons. The second-order valence-electron chi connectivity index (χ2n) is 4.54. The van der Waals surface area contributed by atoms with E-state index in [1.54, 1.807) is 0 Å². The summed E-state index contributed by atoms with van der Waals surface area (Å²) >= 11 is 1.48. The molecule has 0 spiro atoms. The van der Waals surface area contributed by atoms with Crippen molar-refractivity contribution < 1.29 is 9.59 Å². The smallest absolute Gasteiger partial charge is 0.312 e. The molecule has 0 saturated carbocycles. The van der Waals surface area contributed by atoms with Crippen molar-refractivity contribution in [3.05, 3.63) is 22.4 Å². The number of carbonyl (C=O) groups excluding carboxylic acids is 2. The van der Waals surface area contributed by atoms with Crippen molar-refractivity contribution in [1.82, 2.24) is 16.0 Å². The fourth-order valence-corrected chi connectivity index (χ4v) is 2.61. The van der Waals surface area contributed by atoms with Crippen molar-refractivity contribution in [1.29, 1.82) is 0 Å². The molecule has 0 aliphatic carbocycles. The average Bonchev–Trinajstić information content (AvgIpc) is 2.89. The highest BCUT2D eigenvalue weighted by molar-refractivity contribution is 7.10. The first-order chi connectivity index (χ1) is 9.52. The highest BCUT2D eigenvalue weighted by Gasteiger charge is 2.18. The molecule has 5 N–H and O–H groups in total. The third-order valence-corrected chi connectivity index (χ3v) is 3.74. The van der Waals surface area contributed by atoms with Gasteiger partial charge in [0.15, 0.2) is 0 Å². The number of rotatable bonds is 8. The van der Waals surface area contributed by atoms with E-state index in [-0.39, 0.29) is 36.8 Å². The Balaban J connectivity index is 0.00000400. The second kappa shape index (κ2) is 10.4. The van der Waals surface area contributed by atoms with Crippen LogP contribution in [0.2, 0.25) is 0 Å². The van der Waals surface area contributed by atoms with Gasteiger partial charge in [-0.2, -0.15) is 0 Å². The van der Waals surface area contributed by atoms with Crippen molar-refractivity contribution in [2.75, 3.05) is 13.1 Å². The van der Waals surface area contributed by atoms with Gasteiger partial charge in [0.05, 0.1) is 12.5 Å². The minimum atomic E-state index is -0.628. The minimum Gasteiger partial charge on any atom is -0.354 e. The van der Waals surface area contributed by atoms with Gasteiger partial charge in [0.25, 0.3) is 0 Å². The first-order valence-corrected chi connectivity index (χ1v) is 7.50. The van der Waals surface area contributed by atoms with Gasteiger partial charge in [0.2, 0.25) is 5.91 Å². The number of halogens is 1. The number of nitrogens with two attached hydrogens (primary N) is 1. The first-order valence-electron chi connectivity index (χ1n) is 6.62. The fraction of sp³-hybridized carbons (Fsp3) is 0.538. The number of likely N-dealkylation sites (N-methyl/N-ethyl adjacent to an activating group) is 1. The highest BCUT2D eigenvalue weighted by atomic mass is 35.5. The van der Waals surface area contributed by atoms with Gasteiger partial charge in [-0.05, 0) is 24.9 Å². The van der Waals surface area contributed by atoms with Gasteiger partial charge >= 0.3 is 6.03 Å². The molecule has 1 aromatic heterocycles. The minimum absolute atomic E-state index is 0. The van der Waals surface area contributed by atoms with Crippen molar-refractivity contribution in [3.63, 3.8) is 0 Å². The summed E-state index contributed by atoms with van der Waals surface area (Å²) < 4.78 is 0. The molecular weight excluding hydrogens is 312 g/mol. The summed E-state index contributed by atoms with van der Waals surface area (Å²) in [5.41, 5.74) is 5.15. The summed E-state index contributed by atoms with van der Waals surface area (Å²) in [5.74, 6) is -0.109. The number of carbonyl (C=O) groups is 2. The van der Waals surface area contributed by atoms with Crippen LogP contribution in [0.5, 0.6) is 0 Å². The normalized spacial score (nSPS) is 12.9. The fourth-order valence-electron chi connectivity index (χ4n) is 1.83. The number of hydrogen-bond donors (Lipinski definition) is 4. The van der Waals surface area contributed by atoms with Crippen molar-refractivity contribution in [2.45, 2.75) is 32.4 Å². The van der Waals surface area contributed by atoms with E-state index < -0.39 is 6.03 Å². The van der Waals surface area contributed by atoms with Gasteiger partial charge < -0.3 is 21.7 Å². The Labute approximate surface area is 135 Å². The van der Waals surface area contributed by atoms with Gasteiger partial charge in [-0.15, -0.1) is 23.7 Å². The van der Waals surface area contributed by atoms with Gasteiger partial charge in [0, 0.05) is 17.5 Å². The van der Waals surface area contributed by atoms with Crippen LogP contribution in [-0.4, -0.2) is 31.1 Å². The van der Waals surface area contributed by atoms with Gasteiger partial charge in [-0.3, -0.25) is 4.79 Å². The van der Waals surface area contributed by atoms with E-state index in [1.807, 2.05) is 31.4 Å². The number of nitrogens with one attached hydrogen (secondary N) is 3. The van der Waals surface area contributed by atoms with Crippen LogP contribution in [0.25, 0.3) is 0 Å². The van der Waals surface area contributed by atoms with Crippen LogP contribution >= 0.6 is 23.7 Å². The van der Waals surface area contributed by atoms with E-state index in [4.69, 9.17) is 5.73 Å². The molecule has 1 aromatic rings. The lowest BCUT2D eigenvalue weighted by Gasteiger charge is -2.17. The Bertz CT molecular complexity index is 428. The molecule has 8 heteroatoms. The third kappa shape index (κ3) is 7.89. The zero-order chi connectivity index (χ0) is 15.0. The summed E-state index contributed by atoms with van der Waals surface area (Å²) in [7, 11) is 0. The quantitative estimate of drug-likeness (QED) is 0.578. The Kier molecular flexibility index (Phi) is 9.77.